The van der Waals surface area contributed by atoms with Gasteiger partial charge in [0.15, 0.2) is 0 Å². The first-order valence-corrected chi connectivity index (χ1v) is 7.32. The fourth-order valence-electron chi connectivity index (χ4n) is 1.69. The summed E-state index contributed by atoms with van der Waals surface area (Å²) in [5, 5.41) is 11.2. The molecule has 1 atom stereocenters. The molecule has 0 fully saturated rings. The smallest absolute Gasteiger partial charge is 0.303 e. The Morgan fingerprint density at radius 1 is 1.33 bits per heavy atom. The Bertz CT molecular complexity index is 497. The third kappa shape index (κ3) is 6.57. The number of amides is 1. The van der Waals surface area contributed by atoms with E-state index in [0.717, 1.165) is 0 Å². The molecule has 1 rings (SSSR count). The van der Waals surface area contributed by atoms with E-state index in [9.17, 15) is 18.4 Å². The van der Waals surface area contributed by atoms with Crippen LogP contribution in [-0.4, -0.2) is 29.3 Å². The molecule has 116 valence electrons. The second kappa shape index (κ2) is 8.61. The van der Waals surface area contributed by atoms with Gasteiger partial charge in [0.1, 0.15) is 0 Å². The van der Waals surface area contributed by atoms with Gasteiger partial charge in [0, 0.05) is 17.9 Å². The Balaban J connectivity index is 2.57. The van der Waals surface area contributed by atoms with Crippen LogP contribution in [-0.2, 0) is 4.79 Å². The molecule has 1 unspecified atom stereocenters. The highest BCUT2D eigenvalue weighted by Crippen LogP contribution is 2.28. The third-order valence-corrected chi connectivity index (χ3v) is 3.60. The summed E-state index contributed by atoms with van der Waals surface area (Å²) < 4.78 is 24.9. The normalized spacial score (nSPS) is 12.2. The predicted molar refractivity (Wildman–Crippen MR) is 76.7 cm³/mol. The topological polar surface area (TPSA) is 66.4 Å². The minimum atomic E-state index is -2.59. The van der Waals surface area contributed by atoms with Crippen molar-refractivity contribution in [1.82, 2.24) is 5.32 Å². The van der Waals surface area contributed by atoms with Crippen LogP contribution >= 0.6 is 11.8 Å². The summed E-state index contributed by atoms with van der Waals surface area (Å²) in [6, 6.07) is 6.16. The monoisotopic (exact) mass is 317 g/mol. The zero-order valence-electron chi connectivity index (χ0n) is 11.5. The second-order valence-electron chi connectivity index (χ2n) is 4.62. The van der Waals surface area contributed by atoms with Crippen molar-refractivity contribution in [2.75, 3.05) is 6.54 Å². The Hall–Kier alpha value is -1.63. The molecular formula is C14H17F2NO3S. The number of hydrogen-bond acceptors (Lipinski definition) is 3. The summed E-state index contributed by atoms with van der Waals surface area (Å²) in [4.78, 5) is 22.7. The van der Waals surface area contributed by atoms with Crippen LogP contribution in [0.2, 0.25) is 0 Å². The van der Waals surface area contributed by atoms with Crippen LogP contribution in [0.15, 0.2) is 29.2 Å². The third-order valence-electron chi connectivity index (χ3n) is 2.81. The first-order chi connectivity index (χ1) is 9.90. The van der Waals surface area contributed by atoms with Crippen molar-refractivity contribution < 1.29 is 23.5 Å². The molecule has 0 saturated heterocycles. The molecule has 4 nitrogen and oxygen atoms in total. The van der Waals surface area contributed by atoms with Gasteiger partial charge in [0.25, 0.3) is 11.7 Å². The predicted octanol–water partition coefficient (Wildman–Crippen LogP) is 3.23. The molecule has 0 aliphatic heterocycles. The highest BCUT2D eigenvalue weighted by atomic mass is 32.2. The number of thioether (sulfide) groups is 1. The van der Waals surface area contributed by atoms with Crippen molar-refractivity contribution >= 4 is 23.6 Å². The second-order valence-corrected chi connectivity index (χ2v) is 5.65. The first kappa shape index (κ1) is 17.4. The number of carbonyl (C=O) groups is 2. The number of nitrogens with one attached hydrogen (secondary N) is 1. The molecule has 0 heterocycles. The molecule has 2 N–H and O–H groups in total. The highest BCUT2D eigenvalue weighted by molar-refractivity contribution is 7.99. The average molecular weight is 317 g/mol. The standard InChI is InChI=1S/C14H17F2NO3S/c1-9(6-7-12(18)19)8-17-13(20)10-4-2-3-5-11(10)21-14(15)16/h2-5,9,14H,6-8H2,1H3,(H,17,20)(H,18,19). The van der Waals surface area contributed by atoms with Crippen molar-refractivity contribution in [3.05, 3.63) is 29.8 Å². The van der Waals surface area contributed by atoms with E-state index in [0.29, 0.717) is 24.7 Å². The maximum Gasteiger partial charge on any atom is 0.303 e. The van der Waals surface area contributed by atoms with E-state index in [-0.39, 0.29) is 22.8 Å². The summed E-state index contributed by atoms with van der Waals surface area (Å²) >= 11 is 0.330. The Morgan fingerprint density at radius 2 is 2.00 bits per heavy atom. The van der Waals surface area contributed by atoms with Crippen LogP contribution in [0.1, 0.15) is 30.1 Å². The number of carbonyl (C=O) groups excluding carboxylic acids is 1. The maximum absolute atomic E-state index is 12.4. The van der Waals surface area contributed by atoms with Gasteiger partial charge in [-0.1, -0.05) is 30.8 Å². The molecule has 0 bridgehead atoms. The van der Waals surface area contributed by atoms with Gasteiger partial charge in [-0.15, -0.1) is 0 Å². The molecule has 0 radical (unpaired) electrons. The largest absolute Gasteiger partial charge is 0.481 e. The number of benzene rings is 1. The van der Waals surface area contributed by atoms with Crippen LogP contribution in [0.4, 0.5) is 8.78 Å². The zero-order valence-corrected chi connectivity index (χ0v) is 12.3. The fraction of sp³-hybridized carbons (Fsp3) is 0.429. The quantitative estimate of drug-likeness (QED) is 0.722. The molecule has 0 saturated carbocycles. The molecule has 1 aromatic rings. The van der Waals surface area contributed by atoms with Crippen molar-refractivity contribution in [2.24, 2.45) is 5.92 Å². The van der Waals surface area contributed by atoms with Crippen molar-refractivity contribution in [2.45, 2.75) is 30.4 Å². The van der Waals surface area contributed by atoms with E-state index in [2.05, 4.69) is 5.32 Å². The lowest BCUT2D eigenvalue weighted by molar-refractivity contribution is -0.137. The van der Waals surface area contributed by atoms with E-state index in [1.165, 1.54) is 12.1 Å². The van der Waals surface area contributed by atoms with Gasteiger partial charge in [-0.05, 0) is 24.5 Å². The van der Waals surface area contributed by atoms with Gasteiger partial charge in [0.05, 0.1) is 5.56 Å². The van der Waals surface area contributed by atoms with E-state index >= 15 is 0 Å². The zero-order chi connectivity index (χ0) is 15.8. The lowest BCUT2D eigenvalue weighted by atomic mass is 10.1. The minimum absolute atomic E-state index is 0.0000333. The van der Waals surface area contributed by atoms with Crippen LogP contribution in [0.3, 0.4) is 0 Å². The molecule has 0 spiro atoms. The molecule has 7 heteroatoms. The van der Waals surface area contributed by atoms with Crippen LogP contribution in [0.5, 0.6) is 0 Å². The molecular weight excluding hydrogens is 300 g/mol. The highest BCUT2D eigenvalue weighted by Gasteiger charge is 2.15. The van der Waals surface area contributed by atoms with Gasteiger partial charge in [-0.3, -0.25) is 9.59 Å². The number of alkyl halides is 2. The van der Waals surface area contributed by atoms with E-state index in [1.807, 2.05) is 6.92 Å². The first-order valence-electron chi connectivity index (χ1n) is 6.44. The van der Waals surface area contributed by atoms with E-state index in [1.54, 1.807) is 12.1 Å². The van der Waals surface area contributed by atoms with Crippen LogP contribution in [0.25, 0.3) is 0 Å². The van der Waals surface area contributed by atoms with E-state index in [4.69, 9.17) is 5.11 Å². The Kier molecular flexibility index (Phi) is 7.14. The van der Waals surface area contributed by atoms with Gasteiger partial charge < -0.3 is 10.4 Å². The number of hydrogen-bond donors (Lipinski definition) is 2. The summed E-state index contributed by atoms with van der Waals surface area (Å²) in [6.45, 7) is 2.13. The number of aliphatic carboxylic acids is 1. The number of carboxylic acid groups (broad SMARTS) is 1. The molecule has 1 aromatic carbocycles. The average Bonchev–Trinajstić information content (AvgIpc) is 2.42. The van der Waals surface area contributed by atoms with E-state index < -0.39 is 17.6 Å². The molecule has 0 aliphatic carbocycles. The van der Waals surface area contributed by atoms with Gasteiger partial charge in [0.2, 0.25) is 0 Å². The summed E-state index contributed by atoms with van der Waals surface area (Å²) in [7, 11) is 0. The van der Waals surface area contributed by atoms with Crippen LogP contribution in [0, 0.1) is 5.92 Å². The SMILES string of the molecule is CC(CCC(=O)O)CNC(=O)c1ccccc1SC(F)F. The molecule has 1 amide bonds. The minimum Gasteiger partial charge on any atom is -0.481 e. The fourth-order valence-corrected chi connectivity index (χ4v) is 2.32. The molecule has 0 aromatic heterocycles. The summed E-state index contributed by atoms with van der Waals surface area (Å²) in [5.41, 5.74) is 0.202. The lowest BCUT2D eigenvalue weighted by Crippen LogP contribution is -2.29. The number of carboxylic acids is 1. The number of rotatable bonds is 8. The molecule has 21 heavy (non-hydrogen) atoms. The van der Waals surface area contributed by atoms with Gasteiger partial charge >= 0.3 is 5.97 Å². The number of halogens is 2. The van der Waals surface area contributed by atoms with Gasteiger partial charge in [-0.2, -0.15) is 8.78 Å². The van der Waals surface area contributed by atoms with Crippen LogP contribution < -0.4 is 5.32 Å². The maximum atomic E-state index is 12.4. The van der Waals surface area contributed by atoms with Crippen molar-refractivity contribution in [3.8, 4) is 0 Å². The summed E-state index contributed by atoms with van der Waals surface area (Å²) in [6.07, 6.45) is 0.484. The Morgan fingerprint density at radius 3 is 2.62 bits per heavy atom. The lowest BCUT2D eigenvalue weighted by Gasteiger charge is -2.13. The van der Waals surface area contributed by atoms with Crippen molar-refractivity contribution in [1.29, 1.82) is 0 Å². The van der Waals surface area contributed by atoms with Crippen molar-refractivity contribution in [3.63, 3.8) is 0 Å². The summed E-state index contributed by atoms with van der Waals surface area (Å²) in [5.74, 6) is -3.90. The van der Waals surface area contributed by atoms with Gasteiger partial charge in [-0.25, -0.2) is 0 Å². The Labute approximate surface area is 125 Å². The molecule has 0 aliphatic rings.